The normalized spacial score (nSPS) is 13.6. The van der Waals surface area contributed by atoms with E-state index in [9.17, 15) is 31.1 Å². The lowest BCUT2D eigenvalue weighted by atomic mass is 9.86. The van der Waals surface area contributed by atoms with Crippen molar-refractivity contribution in [3.05, 3.63) is 64.7 Å². The standard InChI is InChI=1S/C24H28F6N2O2/c1-6-32(7-2)22(3,4)20(15-11-9-8-10-12-15)31-21(33)19-17(24(28,29)30)13-16(23(25,26)27)14-18(19)34-5/h8-14,20H,6-7H2,1-5H3,(H,31,33). The average Bonchev–Trinajstić information content (AvgIpc) is 2.76. The molecule has 1 amide bonds. The molecule has 34 heavy (non-hydrogen) atoms. The number of carbonyl (C=O) groups is 1. The van der Waals surface area contributed by atoms with Gasteiger partial charge in [-0.05, 0) is 44.6 Å². The number of rotatable bonds is 8. The summed E-state index contributed by atoms with van der Waals surface area (Å²) in [4.78, 5) is 15.3. The number of carbonyl (C=O) groups excluding carboxylic acids is 1. The number of hydrogen-bond acceptors (Lipinski definition) is 3. The zero-order valence-corrected chi connectivity index (χ0v) is 19.6. The number of hydrogen-bond donors (Lipinski definition) is 1. The van der Waals surface area contributed by atoms with Crippen LogP contribution in [0.3, 0.4) is 0 Å². The van der Waals surface area contributed by atoms with Crippen LogP contribution in [0.5, 0.6) is 5.75 Å². The van der Waals surface area contributed by atoms with Gasteiger partial charge in [-0.1, -0.05) is 44.2 Å². The molecule has 1 N–H and O–H groups in total. The summed E-state index contributed by atoms with van der Waals surface area (Å²) >= 11 is 0. The van der Waals surface area contributed by atoms with Crippen LogP contribution in [0.25, 0.3) is 0 Å². The predicted molar refractivity (Wildman–Crippen MR) is 117 cm³/mol. The van der Waals surface area contributed by atoms with E-state index in [2.05, 4.69) is 5.32 Å². The van der Waals surface area contributed by atoms with Crippen molar-refractivity contribution < 1.29 is 35.9 Å². The Balaban J connectivity index is 2.68. The summed E-state index contributed by atoms with van der Waals surface area (Å²) < 4.78 is 86.0. The van der Waals surface area contributed by atoms with Crippen molar-refractivity contribution in [2.75, 3.05) is 20.2 Å². The van der Waals surface area contributed by atoms with Gasteiger partial charge in [-0.3, -0.25) is 9.69 Å². The Morgan fingerprint density at radius 3 is 1.97 bits per heavy atom. The molecule has 0 saturated carbocycles. The van der Waals surface area contributed by atoms with Gasteiger partial charge in [0, 0.05) is 5.54 Å². The molecule has 0 aromatic heterocycles. The van der Waals surface area contributed by atoms with E-state index in [0.29, 0.717) is 24.7 Å². The van der Waals surface area contributed by atoms with Crippen LogP contribution in [-0.2, 0) is 12.4 Å². The topological polar surface area (TPSA) is 41.6 Å². The Labute approximate surface area is 194 Å². The number of nitrogens with one attached hydrogen (secondary N) is 1. The van der Waals surface area contributed by atoms with E-state index in [1.165, 1.54) is 0 Å². The van der Waals surface area contributed by atoms with Gasteiger partial charge in [-0.2, -0.15) is 26.3 Å². The van der Waals surface area contributed by atoms with Crippen LogP contribution in [-0.4, -0.2) is 36.5 Å². The molecule has 0 bridgehead atoms. The van der Waals surface area contributed by atoms with E-state index in [-0.39, 0.29) is 6.07 Å². The number of nitrogens with zero attached hydrogens (tertiary/aromatic N) is 1. The number of alkyl halides is 6. The number of ether oxygens (including phenoxy) is 1. The molecule has 0 aliphatic carbocycles. The molecule has 1 unspecified atom stereocenters. The van der Waals surface area contributed by atoms with Gasteiger partial charge in [0.2, 0.25) is 0 Å². The minimum atomic E-state index is -5.22. The quantitative estimate of drug-likeness (QED) is 0.440. The summed E-state index contributed by atoms with van der Waals surface area (Å²) in [7, 11) is 0.918. The summed E-state index contributed by atoms with van der Waals surface area (Å²) in [5.41, 5.74) is -4.40. The first-order valence-electron chi connectivity index (χ1n) is 10.7. The lowest BCUT2D eigenvalue weighted by Crippen LogP contribution is -2.53. The average molecular weight is 490 g/mol. The molecular weight excluding hydrogens is 462 g/mol. The zero-order valence-electron chi connectivity index (χ0n) is 19.6. The molecule has 0 heterocycles. The molecule has 4 nitrogen and oxygen atoms in total. The SMILES string of the molecule is CCN(CC)C(C)(C)C(NC(=O)c1c(OC)cc(C(F)(F)F)cc1C(F)(F)F)c1ccccc1. The monoisotopic (exact) mass is 490 g/mol. The van der Waals surface area contributed by atoms with Crippen molar-refractivity contribution in [3.63, 3.8) is 0 Å². The summed E-state index contributed by atoms with van der Waals surface area (Å²) in [6, 6.07) is 8.22. The van der Waals surface area contributed by atoms with E-state index in [1.54, 1.807) is 30.3 Å². The maximum atomic E-state index is 13.8. The number of methoxy groups -OCH3 is 1. The fourth-order valence-electron chi connectivity index (χ4n) is 4.14. The molecule has 0 aliphatic rings. The first kappa shape index (κ1) is 27.5. The lowest BCUT2D eigenvalue weighted by molar-refractivity contribution is -0.143. The van der Waals surface area contributed by atoms with Crippen molar-refractivity contribution in [3.8, 4) is 5.75 Å². The molecular formula is C24H28F6N2O2. The molecule has 188 valence electrons. The number of benzene rings is 2. The first-order chi connectivity index (χ1) is 15.7. The van der Waals surface area contributed by atoms with Gasteiger partial charge in [0.05, 0.1) is 29.8 Å². The second-order valence-corrected chi connectivity index (χ2v) is 8.24. The number of likely N-dealkylation sites (N-methyl/N-ethyl adjacent to an activating group) is 1. The van der Waals surface area contributed by atoms with E-state index < -0.39 is 52.3 Å². The van der Waals surface area contributed by atoms with Crippen LogP contribution in [0.2, 0.25) is 0 Å². The smallest absolute Gasteiger partial charge is 0.417 e. The van der Waals surface area contributed by atoms with Gasteiger partial charge in [0.15, 0.2) is 0 Å². The fourth-order valence-corrected chi connectivity index (χ4v) is 4.14. The van der Waals surface area contributed by atoms with Crippen LogP contribution < -0.4 is 10.1 Å². The fraction of sp³-hybridized carbons (Fsp3) is 0.458. The summed E-state index contributed by atoms with van der Waals surface area (Å²) in [5.74, 6) is -2.00. The van der Waals surface area contributed by atoms with Crippen molar-refractivity contribution in [2.45, 2.75) is 51.6 Å². The van der Waals surface area contributed by atoms with Gasteiger partial charge in [0.1, 0.15) is 5.75 Å². The van der Waals surface area contributed by atoms with Crippen LogP contribution in [0.4, 0.5) is 26.3 Å². The second-order valence-electron chi connectivity index (χ2n) is 8.24. The first-order valence-corrected chi connectivity index (χ1v) is 10.7. The Morgan fingerprint density at radius 1 is 0.971 bits per heavy atom. The van der Waals surface area contributed by atoms with Crippen molar-refractivity contribution >= 4 is 5.91 Å². The number of amides is 1. The largest absolute Gasteiger partial charge is 0.496 e. The van der Waals surface area contributed by atoms with Crippen molar-refractivity contribution in [2.24, 2.45) is 0 Å². The maximum absolute atomic E-state index is 13.8. The van der Waals surface area contributed by atoms with Crippen molar-refractivity contribution in [1.29, 1.82) is 0 Å². The van der Waals surface area contributed by atoms with Gasteiger partial charge in [-0.15, -0.1) is 0 Å². The molecule has 2 rings (SSSR count). The zero-order chi connectivity index (χ0) is 25.9. The van der Waals surface area contributed by atoms with Gasteiger partial charge in [-0.25, -0.2) is 0 Å². The highest BCUT2D eigenvalue weighted by Crippen LogP contribution is 2.42. The third-order valence-electron chi connectivity index (χ3n) is 5.88. The number of halogens is 6. The second kappa shape index (κ2) is 10.2. The molecule has 2 aromatic carbocycles. The summed E-state index contributed by atoms with van der Waals surface area (Å²) in [6.45, 7) is 8.70. The highest BCUT2D eigenvalue weighted by atomic mass is 19.4. The molecule has 0 radical (unpaired) electrons. The van der Waals surface area contributed by atoms with Crippen LogP contribution in [0.15, 0.2) is 42.5 Å². The van der Waals surface area contributed by atoms with Crippen molar-refractivity contribution in [1.82, 2.24) is 10.2 Å². The molecule has 0 fully saturated rings. The Kier molecular flexibility index (Phi) is 8.29. The Bertz CT molecular complexity index is 983. The Hall–Kier alpha value is -2.75. The highest BCUT2D eigenvalue weighted by molar-refractivity contribution is 5.99. The molecule has 0 aliphatic heterocycles. The highest BCUT2D eigenvalue weighted by Gasteiger charge is 2.43. The van der Waals surface area contributed by atoms with E-state index >= 15 is 0 Å². The van der Waals surface area contributed by atoms with Crippen LogP contribution >= 0.6 is 0 Å². The van der Waals surface area contributed by atoms with Crippen LogP contribution in [0, 0.1) is 0 Å². The Morgan fingerprint density at radius 2 is 1.53 bits per heavy atom. The van der Waals surface area contributed by atoms with Crippen LogP contribution in [0.1, 0.15) is 60.8 Å². The minimum Gasteiger partial charge on any atom is -0.496 e. The maximum Gasteiger partial charge on any atom is 0.417 e. The lowest BCUT2D eigenvalue weighted by Gasteiger charge is -2.44. The van der Waals surface area contributed by atoms with Gasteiger partial charge >= 0.3 is 12.4 Å². The molecule has 2 aromatic rings. The molecule has 0 saturated heterocycles. The van der Waals surface area contributed by atoms with Gasteiger partial charge in [0.25, 0.3) is 5.91 Å². The van der Waals surface area contributed by atoms with Gasteiger partial charge < -0.3 is 10.1 Å². The molecule has 1 atom stereocenters. The predicted octanol–water partition coefficient (Wildman–Crippen LogP) is 6.32. The van der Waals surface area contributed by atoms with E-state index in [0.717, 1.165) is 7.11 Å². The third-order valence-corrected chi connectivity index (χ3v) is 5.88. The minimum absolute atomic E-state index is 0.0650. The third kappa shape index (κ3) is 5.84. The molecule has 0 spiro atoms. The summed E-state index contributed by atoms with van der Waals surface area (Å²) in [6.07, 6.45) is -10.3. The van der Waals surface area contributed by atoms with E-state index in [4.69, 9.17) is 4.74 Å². The van der Waals surface area contributed by atoms with E-state index in [1.807, 2.05) is 32.6 Å². The molecule has 10 heteroatoms. The summed E-state index contributed by atoms with van der Waals surface area (Å²) in [5, 5.41) is 2.64.